The fraction of sp³-hybridized carbons (Fsp3) is 0.318. The lowest BCUT2D eigenvalue weighted by molar-refractivity contribution is 0.250. The van der Waals surface area contributed by atoms with E-state index in [-0.39, 0.29) is 11.5 Å². The largest absolute Gasteiger partial charge is 0.508 e. The number of nitrogens with zero attached hydrogens (tertiary/aromatic N) is 2. The van der Waals surface area contributed by atoms with Crippen molar-refractivity contribution in [1.82, 2.24) is 4.90 Å². The molecule has 146 valence electrons. The summed E-state index contributed by atoms with van der Waals surface area (Å²) < 4.78 is 5.29. The van der Waals surface area contributed by atoms with E-state index in [1.54, 1.807) is 24.3 Å². The zero-order valence-corrected chi connectivity index (χ0v) is 15.9. The van der Waals surface area contributed by atoms with Gasteiger partial charge in [0, 0.05) is 55.9 Å². The van der Waals surface area contributed by atoms with Gasteiger partial charge in [-0.2, -0.15) is 0 Å². The highest BCUT2D eigenvalue weighted by Crippen LogP contribution is 2.28. The maximum absolute atomic E-state index is 12.0. The number of anilines is 1. The number of phenolic OH excluding ortho intramolecular Hbond substituents is 2. The first-order chi connectivity index (χ1) is 13.5. The van der Waals surface area contributed by atoms with Gasteiger partial charge < -0.3 is 19.5 Å². The van der Waals surface area contributed by atoms with Gasteiger partial charge in [0.2, 0.25) is 0 Å². The number of piperazine rings is 1. The molecule has 3 aromatic rings. The molecule has 1 aromatic heterocycles. The van der Waals surface area contributed by atoms with Crippen molar-refractivity contribution in [3.63, 3.8) is 0 Å². The van der Waals surface area contributed by atoms with Crippen molar-refractivity contribution in [3.05, 3.63) is 64.0 Å². The van der Waals surface area contributed by atoms with E-state index in [4.69, 9.17) is 4.42 Å². The normalized spacial score (nSPS) is 15.2. The first-order valence-electron chi connectivity index (χ1n) is 9.58. The lowest BCUT2D eigenvalue weighted by Crippen LogP contribution is -2.46. The van der Waals surface area contributed by atoms with Gasteiger partial charge in [-0.05, 0) is 47.9 Å². The second-order valence-corrected chi connectivity index (χ2v) is 7.20. The first-order valence-corrected chi connectivity index (χ1v) is 9.58. The molecule has 2 aromatic carbocycles. The number of rotatable bonds is 4. The SMILES string of the molecule is CCc1cc2c(CN3CCN(c4ccc(O)cc4)CC3)cc(=O)oc2cc1O. The summed E-state index contributed by atoms with van der Waals surface area (Å²) in [6.07, 6.45) is 0.714. The topological polar surface area (TPSA) is 77.2 Å². The van der Waals surface area contributed by atoms with Crippen LogP contribution in [0, 0.1) is 0 Å². The van der Waals surface area contributed by atoms with Crippen LogP contribution in [0.4, 0.5) is 5.69 Å². The summed E-state index contributed by atoms with van der Waals surface area (Å²) in [7, 11) is 0. The Balaban J connectivity index is 1.52. The molecule has 0 unspecified atom stereocenters. The summed E-state index contributed by atoms with van der Waals surface area (Å²) in [6, 6.07) is 12.3. The van der Waals surface area contributed by atoms with Gasteiger partial charge in [0.1, 0.15) is 17.1 Å². The Labute approximate surface area is 163 Å². The van der Waals surface area contributed by atoms with Crippen molar-refractivity contribution < 1.29 is 14.6 Å². The summed E-state index contributed by atoms with van der Waals surface area (Å²) in [5.74, 6) is 0.437. The molecule has 6 heteroatoms. The molecule has 0 spiro atoms. The van der Waals surface area contributed by atoms with E-state index in [1.807, 2.05) is 25.1 Å². The van der Waals surface area contributed by atoms with E-state index in [0.717, 1.165) is 48.4 Å². The third-order valence-electron chi connectivity index (χ3n) is 5.39. The van der Waals surface area contributed by atoms with Gasteiger partial charge in [0.15, 0.2) is 0 Å². The second kappa shape index (κ2) is 7.56. The molecule has 0 atom stereocenters. The Bertz CT molecular complexity index is 1030. The van der Waals surface area contributed by atoms with Crippen molar-refractivity contribution >= 4 is 16.7 Å². The molecule has 0 radical (unpaired) electrons. The fourth-order valence-electron chi connectivity index (χ4n) is 3.79. The van der Waals surface area contributed by atoms with Crippen LogP contribution in [0.2, 0.25) is 0 Å². The second-order valence-electron chi connectivity index (χ2n) is 7.20. The third-order valence-corrected chi connectivity index (χ3v) is 5.39. The predicted molar refractivity (Wildman–Crippen MR) is 109 cm³/mol. The van der Waals surface area contributed by atoms with E-state index in [2.05, 4.69) is 9.80 Å². The molecule has 28 heavy (non-hydrogen) atoms. The standard InChI is InChI=1S/C22H24N2O4/c1-2-15-11-19-16(12-22(27)28-21(19)13-20(15)26)14-23-7-9-24(10-8-23)17-3-5-18(25)6-4-17/h3-6,11-13,25-26H,2,7-10,14H2,1H3. The zero-order valence-electron chi connectivity index (χ0n) is 15.9. The van der Waals surface area contributed by atoms with Crippen molar-refractivity contribution in [1.29, 1.82) is 0 Å². The Morgan fingerprint density at radius 3 is 2.36 bits per heavy atom. The minimum atomic E-state index is -0.395. The zero-order chi connectivity index (χ0) is 19.7. The van der Waals surface area contributed by atoms with E-state index in [9.17, 15) is 15.0 Å². The van der Waals surface area contributed by atoms with Crippen molar-refractivity contribution in [2.24, 2.45) is 0 Å². The number of hydrogen-bond donors (Lipinski definition) is 2. The molecule has 0 saturated carbocycles. The van der Waals surface area contributed by atoms with Crippen LogP contribution in [0.3, 0.4) is 0 Å². The predicted octanol–water partition coefficient (Wildman–Crippen LogP) is 3.09. The molecule has 1 aliphatic heterocycles. The van der Waals surface area contributed by atoms with E-state index >= 15 is 0 Å². The highest BCUT2D eigenvalue weighted by molar-refractivity contribution is 5.82. The van der Waals surface area contributed by atoms with Gasteiger partial charge in [0.05, 0.1) is 0 Å². The smallest absolute Gasteiger partial charge is 0.336 e. The Morgan fingerprint density at radius 1 is 0.964 bits per heavy atom. The summed E-state index contributed by atoms with van der Waals surface area (Å²) >= 11 is 0. The van der Waals surface area contributed by atoms with E-state index < -0.39 is 5.63 Å². The summed E-state index contributed by atoms with van der Waals surface area (Å²) in [6.45, 7) is 6.17. The highest BCUT2D eigenvalue weighted by Gasteiger charge is 2.19. The van der Waals surface area contributed by atoms with Crippen LogP contribution < -0.4 is 10.5 Å². The molecule has 2 N–H and O–H groups in total. The van der Waals surface area contributed by atoms with E-state index in [1.165, 1.54) is 0 Å². The highest BCUT2D eigenvalue weighted by atomic mass is 16.4. The van der Waals surface area contributed by atoms with Crippen molar-refractivity contribution in [3.8, 4) is 11.5 Å². The number of aromatic hydroxyl groups is 2. The summed E-state index contributed by atoms with van der Waals surface area (Å²) in [5, 5.41) is 20.4. The maximum atomic E-state index is 12.0. The number of aryl methyl sites for hydroxylation is 1. The Morgan fingerprint density at radius 2 is 1.68 bits per heavy atom. The van der Waals surface area contributed by atoms with Crippen LogP contribution in [-0.2, 0) is 13.0 Å². The molecule has 2 heterocycles. The van der Waals surface area contributed by atoms with Gasteiger partial charge in [-0.1, -0.05) is 6.92 Å². The number of phenols is 2. The molecule has 4 rings (SSSR count). The molecule has 1 saturated heterocycles. The van der Waals surface area contributed by atoms with E-state index in [0.29, 0.717) is 18.5 Å². The van der Waals surface area contributed by atoms with Gasteiger partial charge in [-0.15, -0.1) is 0 Å². The van der Waals surface area contributed by atoms with Crippen LogP contribution in [0.25, 0.3) is 11.0 Å². The molecule has 1 fully saturated rings. The quantitative estimate of drug-likeness (QED) is 0.678. The number of fused-ring (bicyclic) bond motifs is 1. The number of benzene rings is 2. The maximum Gasteiger partial charge on any atom is 0.336 e. The van der Waals surface area contributed by atoms with Crippen LogP contribution in [0.15, 0.2) is 51.7 Å². The van der Waals surface area contributed by atoms with Crippen LogP contribution in [0.1, 0.15) is 18.1 Å². The summed E-state index contributed by atoms with van der Waals surface area (Å²) in [5.41, 5.74) is 2.92. The van der Waals surface area contributed by atoms with Gasteiger partial charge in [-0.25, -0.2) is 4.79 Å². The molecular formula is C22H24N2O4. The van der Waals surface area contributed by atoms with Crippen molar-refractivity contribution in [2.45, 2.75) is 19.9 Å². The lowest BCUT2D eigenvalue weighted by Gasteiger charge is -2.36. The van der Waals surface area contributed by atoms with Crippen LogP contribution in [-0.4, -0.2) is 41.3 Å². The molecule has 1 aliphatic rings. The van der Waals surface area contributed by atoms with Crippen molar-refractivity contribution in [2.75, 3.05) is 31.1 Å². The first kappa shape index (κ1) is 18.4. The molecule has 6 nitrogen and oxygen atoms in total. The molecular weight excluding hydrogens is 356 g/mol. The van der Waals surface area contributed by atoms with Gasteiger partial charge in [-0.3, -0.25) is 4.90 Å². The summed E-state index contributed by atoms with van der Waals surface area (Å²) in [4.78, 5) is 16.6. The third kappa shape index (κ3) is 3.68. The Kier molecular flexibility index (Phi) is 4.96. The molecule has 0 bridgehead atoms. The average Bonchev–Trinajstić information content (AvgIpc) is 2.68. The minimum Gasteiger partial charge on any atom is -0.508 e. The van der Waals surface area contributed by atoms with Gasteiger partial charge in [0.25, 0.3) is 0 Å². The molecule has 0 aliphatic carbocycles. The fourth-order valence-corrected chi connectivity index (χ4v) is 3.79. The van der Waals surface area contributed by atoms with Gasteiger partial charge >= 0.3 is 5.63 Å². The minimum absolute atomic E-state index is 0.165. The average molecular weight is 380 g/mol. The number of hydrogen-bond acceptors (Lipinski definition) is 6. The molecule has 0 amide bonds. The Hall–Kier alpha value is -2.99. The monoisotopic (exact) mass is 380 g/mol. The van der Waals surface area contributed by atoms with Crippen LogP contribution >= 0.6 is 0 Å². The lowest BCUT2D eigenvalue weighted by atomic mass is 10.0. The van der Waals surface area contributed by atoms with Crippen LogP contribution in [0.5, 0.6) is 11.5 Å².